The minimum absolute atomic E-state index is 0.383. The maximum atomic E-state index is 5.62. The number of hydrogen-bond acceptors (Lipinski definition) is 4. The van der Waals surface area contributed by atoms with Gasteiger partial charge in [-0.1, -0.05) is 12.1 Å². The molecule has 0 amide bonds. The molecule has 0 bridgehead atoms. The fraction of sp³-hybridized carbons (Fsp3) is 0.167. The average Bonchev–Trinajstić information content (AvgIpc) is 2.27. The highest BCUT2D eigenvalue weighted by Gasteiger charge is 2.02. The molecule has 2 aromatic rings. The molecule has 0 saturated heterocycles. The summed E-state index contributed by atoms with van der Waals surface area (Å²) in [4.78, 5) is 7.95. The monoisotopic (exact) mass is 215 g/mol. The van der Waals surface area contributed by atoms with Gasteiger partial charge in [0, 0.05) is 0 Å². The molecule has 2 rings (SSSR count). The van der Waals surface area contributed by atoms with Gasteiger partial charge < -0.3 is 10.5 Å². The number of nitrogens with two attached hydrogens (primary N) is 1. The number of aryl methyl sites for hydroxylation is 2. The first kappa shape index (κ1) is 10.4. The van der Waals surface area contributed by atoms with Crippen molar-refractivity contribution in [2.75, 3.05) is 5.73 Å². The summed E-state index contributed by atoms with van der Waals surface area (Å²) in [5, 5.41) is 0. The van der Waals surface area contributed by atoms with Crippen LogP contribution in [0.1, 0.15) is 11.1 Å². The number of anilines is 1. The van der Waals surface area contributed by atoms with Crippen LogP contribution in [-0.4, -0.2) is 9.97 Å². The van der Waals surface area contributed by atoms with Gasteiger partial charge in [0.15, 0.2) is 0 Å². The molecule has 82 valence electrons. The first-order chi connectivity index (χ1) is 7.65. The molecule has 0 fully saturated rings. The second kappa shape index (κ2) is 4.18. The fourth-order valence-electron chi connectivity index (χ4n) is 1.31. The third kappa shape index (κ3) is 2.28. The largest absolute Gasteiger partial charge is 0.437 e. The van der Waals surface area contributed by atoms with Crippen LogP contribution >= 0.6 is 0 Å². The Hall–Kier alpha value is -2.10. The SMILES string of the molecule is Cc1ccc(C)c(Oc2cnc(N)cn2)c1. The van der Waals surface area contributed by atoms with Crippen molar-refractivity contribution in [2.24, 2.45) is 0 Å². The van der Waals surface area contributed by atoms with E-state index in [9.17, 15) is 0 Å². The molecule has 1 aromatic heterocycles. The van der Waals surface area contributed by atoms with Crippen molar-refractivity contribution < 1.29 is 4.74 Å². The van der Waals surface area contributed by atoms with Crippen molar-refractivity contribution in [2.45, 2.75) is 13.8 Å². The number of nitrogen functional groups attached to an aromatic ring is 1. The Bertz CT molecular complexity index is 494. The van der Waals surface area contributed by atoms with Crippen LogP contribution in [0.2, 0.25) is 0 Å². The summed E-state index contributed by atoms with van der Waals surface area (Å²) in [5.74, 6) is 1.62. The molecule has 0 aliphatic carbocycles. The molecular weight excluding hydrogens is 202 g/mol. The first-order valence-corrected chi connectivity index (χ1v) is 4.98. The van der Waals surface area contributed by atoms with E-state index in [1.54, 1.807) is 0 Å². The Morgan fingerprint density at radius 2 is 1.94 bits per heavy atom. The van der Waals surface area contributed by atoms with Gasteiger partial charge in [0.05, 0.1) is 12.4 Å². The summed E-state index contributed by atoms with van der Waals surface area (Å²) in [6.45, 7) is 4.00. The van der Waals surface area contributed by atoms with Gasteiger partial charge in [-0.3, -0.25) is 0 Å². The zero-order valence-electron chi connectivity index (χ0n) is 9.27. The van der Waals surface area contributed by atoms with Crippen LogP contribution in [0.5, 0.6) is 11.6 Å². The lowest BCUT2D eigenvalue weighted by Gasteiger charge is -2.08. The van der Waals surface area contributed by atoms with Gasteiger partial charge in [0.25, 0.3) is 0 Å². The van der Waals surface area contributed by atoms with Gasteiger partial charge in [-0.25, -0.2) is 9.97 Å². The number of nitrogens with zero attached hydrogens (tertiary/aromatic N) is 2. The molecule has 0 aliphatic heterocycles. The van der Waals surface area contributed by atoms with Gasteiger partial charge in [-0.2, -0.15) is 0 Å². The van der Waals surface area contributed by atoms with Crippen molar-refractivity contribution in [3.63, 3.8) is 0 Å². The average molecular weight is 215 g/mol. The van der Waals surface area contributed by atoms with Crippen LogP contribution in [0.15, 0.2) is 30.6 Å². The van der Waals surface area contributed by atoms with Crippen molar-refractivity contribution in [3.8, 4) is 11.6 Å². The van der Waals surface area contributed by atoms with Crippen molar-refractivity contribution in [1.82, 2.24) is 9.97 Å². The molecule has 0 unspecified atom stereocenters. The smallest absolute Gasteiger partial charge is 0.237 e. The molecule has 0 radical (unpaired) electrons. The molecule has 0 atom stereocenters. The first-order valence-electron chi connectivity index (χ1n) is 4.98. The molecule has 2 N–H and O–H groups in total. The molecular formula is C12H13N3O. The number of ether oxygens (including phenoxy) is 1. The van der Waals surface area contributed by atoms with Crippen LogP contribution in [0.3, 0.4) is 0 Å². The zero-order valence-corrected chi connectivity index (χ0v) is 9.27. The highest BCUT2D eigenvalue weighted by Crippen LogP contribution is 2.24. The highest BCUT2D eigenvalue weighted by molar-refractivity contribution is 5.38. The van der Waals surface area contributed by atoms with Gasteiger partial charge in [-0.15, -0.1) is 0 Å². The standard InChI is InChI=1S/C12H13N3O/c1-8-3-4-9(2)10(5-8)16-12-7-14-11(13)6-15-12/h3-7H,1-2H3,(H2,13,14). The van der Waals surface area contributed by atoms with Crippen molar-refractivity contribution in [1.29, 1.82) is 0 Å². The molecule has 4 nitrogen and oxygen atoms in total. The van der Waals surface area contributed by atoms with Crippen LogP contribution in [0.4, 0.5) is 5.82 Å². The minimum atomic E-state index is 0.383. The summed E-state index contributed by atoms with van der Waals surface area (Å²) in [5.41, 5.74) is 7.65. The van der Waals surface area contributed by atoms with Gasteiger partial charge in [0.1, 0.15) is 11.6 Å². The van der Waals surface area contributed by atoms with E-state index in [4.69, 9.17) is 10.5 Å². The van der Waals surface area contributed by atoms with Crippen LogP contribution in [-0.2, 0) is 0 Å². The summed E-state index contributed by atoms with van der Waals surface area (Å²) in [7, 11) is 0. The topological polar surface area (TPSA) is 61.0 Å². The molecule has 1 aromatic carbocycles. The molecule has 0 spiro atoms. The Morgan fingerprint density at radius 3 is 2.62 bits per heavy atom. The summed E-state index contributed by atoms with van der Waals surface area (Å²) in [6, 6.07) is 6.01. The number of aromatic nitrogens is 2. The minimum Gasteiger partial charge on any atom is -0.437 e. The number of rotatable bonds is 2. The lowest BCUT2D eigenvalue weighted by Crippen LogP contribution is -1.95. The van der Waals surface area contributed by atoms with Crippen LogP contribution in [0, 0.1) is 13.8 Å². The summed E-state index contributed by atoms with van der Waals surface area (Å²) in [6.07, 6.45) is 2.98. The van der Waals surface area contributed by atoms with Crippen molar-refractivity contribution in [3.05, 3.63) is 41.7 Å². The van der Waals surface area contributed by atoms with E-state index >= 15 is 0 Å². The summed E-state index contributed by atoms with van der Waals surface area (Å²) < 4.78 is 5.62. The van der Waals surface area contributed by atoms with Crippen LogP contribution in [0.25, 0.3) is 0 Å². The van der Waals surface area contributed by atoms with E-state index < -0.39 is 0 Å². The normalized spacial score (nSPS) is 10.1. The maximum absolute atomic E-state index is 5.62. The van der Waals surface area contributed by atoms with E-state index in [-0.39, 0.29) is 0 Å². The lowest BCUT2D eigenvalue weighted by molar-refractivity contribution is 0.456. The predicted molar refractivity (Wildman–Crippen MR) is 62.4 cm³/mol. The second-order valence-corrected chi connectivity index (χ2v) is 3.65. The van der Waals surface area contributed by atoms with Crippen LogP contribution < -0.4 is 10.5 Å². The Kier molecular flexibility index (Phi) is 2.72. The van der Waals surface area contributed by atoms with Gasteiger partial charge >= 0.3 is 0 Å². The lowest BCUT2D eigenvalue weighted by atomic mass is 10.1. The Labute approximate surface area is 94.1 Å². The second-order valence-electron chi connectivity index (χ2n) is 3.65. The van der Waals surface area contributed by atoms with Crippen molar-refractivity contribution >= 4 is 5.82 Å². The fourth-order valence-corrected chi connectivity index (χ4v) is 1.31. The summed E-state index contributed by atoms with van der Waals surface area (Å²) >= 11 is 0. The Balaban J connectivity index is 2.26. The quantitative estimate of drug-likeness (QED) is 0.835. The highest BCUT2D eigenvalue weighted by atomic mass is 16.5. The number of benzene rings is 1. The molecule has 1 heterocycles. The Morgan fingerprint density at radius 1 is 1.12 bits per heavy atom. The van der Waals surface area contributed by atoms with E-state index in [0.29, 0.717) is 11.7 Å². The molecule has 16 heavy (non-hydrogen) atoms. The van der Waals surface area contributed by atoms with Gasteiger partial charge in [0.2, 0.25) is 5.88 Å². The maximum Gasteiger partial charge on any atom is 0.237 e. The molecule has 0 aliphatic rings. The third-order valence-electron chi connectivity index (χ3n) is 2.21. The van der Waals surface area contributed by atoms with E-state index in [1.807, 2.05) is 32.0 Å². The third-order valence-corrected chi connectivity index (χ3v) is 2.21. The predicted octanol–water partition coefficient (Wildman–Crippen LogP) is 2.47. The zero-order chi connectivity index (χ0) is 11.5. The number of hydrogen-bond donors (Lipinski definition) is 1. The van der Waals surface area contributed by atoms with E-state index in [1.165, 1.54) is 12.4 Å². The molecule has 0 saturated carbocycles. The molecule has 4 heteroatoms. The van der Waals surface area contributed by atoms with E-state index in [2.05, 4.69) is 9.97 Å². The van der Waals surface area contributed by atoms with E-state index in [0.717, 1.165) is 16.9 Å². The van der Waals surface area contributed by atoms with Gasteiger partial charge in [-0.05, 0) is 31.0 Å².